The molecule has 2 aromatic rings. The zero-order valence-electron chi connectivity index (χ0n) is 13.5. The van der Waals surface area contributed by atoms with Crippen LogP contribution in [0.15, 0.2) is 53.4 Å². The van der Waals surface area contributed by atoms with E-state index < -0.39 is 10.0 Å². The van der Waals surface area contributed by atoms with E-state index in [0.717, 1.165) is 22.2 Å². The van der Waals surface area contributed by atoms with Gasteiger partial charge in [0.05, 0.1) is 12.0 Å². The minimum Gasteiger partial charge on any atom is -0.496 e. The molecule has 1 aliphatic heterocycles. The molecular formula is C18H20INO3S. The van der Waals surface area contributed by atoms with Gasteiger partial charge in [0.1, 0.15) is 5.75 Å². The quantitative estimate of drug-likeness (QED) is 0.656. The summed E-state index contributed by atoms with van der Waals surface area (Å²) in [6, 6.07) is 15.0. The van der Waals surface area contributed by atoms with Crippen molar-refractivity contribution in [3.05, 3.63) is 57.7 Å². The Labute approximate surface area is 157 Å². The predicted molar refractivity (Wildman–Crippen MR) is 103 cm³/mol. The molecule has 0 bridgehead atoms. The largest absolute Gasteiger partial charge is 0.496 e. The highest BCUT2D eigenvalue weighted by molar-refractivity contribution is 14.1. The lowest BCUT2D eigenvalue weighted by Gasteiger charge is -2.32. The topological polar surface area (TPSA) is 46.6 Å². The van der Waals surface area contributed by atoms with Crippen LogP contribution in [0.5, 0.6) is 5.75 Å². The van der Waals surface area contributed by atoms with Crippen LogP contribution in [-0.2, 0) is 10.0 Å². The van der Waals surface area contributed by atoms with Crippen LogP contribution >= 0.6 is 22.6 Å². The van der Waals surface area contributed by atoms with Gasteiger partial charge in [-0.05, 0) is 77.2 Å². The Kier molecular flexibility index (Phi) is 5.46. The van der Waals surface area contributed by atoms with E-state index in [0.29, 0.717) is 23.9 Å². The maximum atomic E-state index is 12.8. The molecule has 0 unspecified atom stereocenters. The first-order valence-corrected chi connectivity index (χ1v) is 10.4. The van der Waals surface area contributed by atoms with Gasteiger partial charge in [0.15, 0.2) is 0 Å². The fourth-order valence-electron chi connectivity index (χ4n) is 3.17. The van der Waals surface area contributed by atoms with E-state index in [1.807, 2.05) is 30.3 Å². The van der Waals surface area contributed by atoms with E-state index in [2.05, 4.69) is 28.7 Å². The lowest BCUT2D eigenvalue weighted by molar-refractivity contribution is 0.313. The maximum absolute atomic E-state index is 12.8. The van der Waals surface area contributed by atoms with E-state index in [1.165, 1.54) is 5.56 Å². The van der Waals surface area contributed by atoms with Crippen LogP contribution < -0.4 is 4.74 Å². The highest BCUT2D eigenvalue weighted by Crippen LogP contribution is 2.35. The molecule has 0 amide bonds. The average molecular weight is 457 g/mol. The summed E-state index contributed by atoms with van der Waals surface area (Å²) in [6.07, 6.45) is 1.62. The number of sulfonamides is 1. The molecule has 1 heterocycles. The van der Waals surface area contributed by atoms with E-state index in [9.17, 15) is 8.42 Å². The van der Waals surface area contributed by atoms with E-state index >= 15 is 0 Å². The van der Waals surface area contributed by atoms with Crippen molar-refractivity contribution in [1.29, 1.82) is 0 Å². The zero-order chi connectivity index (χ0) is 17.2. The first-order valence-electron chi connectivity index (χ1n) is 7.91. The first kappa shape index (κ1) is 17.7. The molecule has 0 radical (unpaired) electrons. The van der Waals surface area contributed by atoms with Gasteiger partial charge in [-0.15, -0.1) is 0 Å². The third-order valence-corrected chi connectivity index (χ3v) is 7.12. The Hall–Kier alpha value is -1.12. The van der Waals surface area contributed by atoms with Crippen molar-refractivity contribution < 1.29 is 13.2 Å². The van der Waals surface area contributed by atoms with Crippen molar-refractivity contribution in [3.8, 4) is 5.75 Å². The summed E-state index contributed by atoms with van der Waals surface area (Å²) in [5, 5.41) is 0. The molecule has 1 saturated heterocycles. The van der Waals surface area contributed by atoms with Crippen LogP contribution in [0.1, 0.15) is 24.3 Å². The van der Waals surface area contributed by atoms with Crippen molar-refractivity contribution in [3.63, 3.8) is 0 Å². The summed E-state index contributed by atoms with van der Waals surface area (Å²) in [4.78, 5) is 0.374. The van der Waals surface area contributed by atoms with Gasteiger partial charge in [-0.1, -0.05) is 18.2 Å². The predicted octanol–water partition coefficient (Wildman–Crippen LogP) is 3.87. The average Bonchev–Trinajstić information content (AvgIpc) is 2.62. The Bertz CT molecular complexity index is 797. The molecule has 0 atom stereocenters. The number of methoxy groups -OCH3 is 1. The fraction of sp³-hybridized carbons (Fsp3) is 0.333. The van der Waals surface area contributed by atoms with E-state index in [-0.39, 0.29) is 0 Å². The minimum absolute atomic E-state index is 0.337. The second kappa shape index (κ2) is 7.41. The summed E-state index contributed by atoms with van der Waals surface area (Å²) in [5.41, 5.74) is 1.17. The van der Waals surface area contributed by atoms with Gasteiger partial charge >= 0.3 is 0 Å². The molecule has 2 aromatic carbocycles. The molecule has 24 heavy (non-hydrogen) atoms. The van der Waals surface area contributed by atoms with Gasteiger partial charge in [0.2, 0.25) is 10.0 Å². The molecule has 6 heteroatoms. The third-order valence-electron chi connectivity index (χ3n) is 4.48. The molecule has 3 rings (SSSR count). The molecule has 4 nitrogen and oxygen atoms in total. The van der Waals surface area contributed by atoms with Crippen LogP contribution in [-0.4, -0.2) is 32.9 Å². The van der Waals surface area contributed by atoms with Crippen LogP contribution in [0.2, 0.25) is 0 Å². The number of halogens is 1. The standard InChI is InChI=1S/C18H20INO3S/c1-23-18-5-3-2-4-17(18)14-10-12-20(13-11-14)24(21,22)16-8-6-15(19)7-9-16/h2-9,14H,10-13H2,1H3. The van der Waals surface area contributed by atoms with Gasteiger partial charge in [-0.25, -0.2) is 8.42 Å². The van der Waals surface area contributed by atoms with Crippen molar-refractivity contribution in [2.45, 2.75) is 23.7 Å². The van der Waals surface area contributed by atoms with Crippen LogP contribution in [0.25, 0.3) is 0 Å². The molecule has 1 aliphatic rings. The summed E-state index contributed by atoms with van der Waals surface area (Å²) in [7, 11) is -1.73. The number of nitrogens with zero attached hydrogens (tertiary/aromatic N) is 1. The highest BCUT2D eigenvalue weighted by atomic mass is 127. The summed E-state index contributed by atoms with van der Waals surface area (Å²) in [5.74, 6) is 1.22. The van der Waals surface area contributed by atoms with E-state index in [1.54, 1.807) is 23.5 Å². The summed E-state index contributed by atoms with van der Waals surface area (Å²) in [6.45, 7) is 1.08. The van der Waals surface area contributed by atoms with Crippen LogP contribution in [0.4, 0.5) is 0 Å². The lowest BCUT2D eigenvalue weighted by Crippen LogP contribution is -2.37. The van der Waals surface area contributed by atoms with Crippen LogP contribution in [0.3, 0.4) is 0 Å². The van der Waals surface area contributed by atoms with Crippen molar-refractivity contribution in [1.82, 2.24) is 4.31 Å². The van der Waals surface area contributed by atoms with Crippen molar-refractivity contribution >= 4 is 32.6 Å². The zero-order valence-corrected chi connectivity index (χ0v) is 16.5. The van der Waals surface area contributed by atoms with Gasteiger partial charge in [-0.3, -0.25) is 0 Å². The molecule has 1 fully saturated rings. The SMILES string of the molecule is COc1ccccc1C1CCN(S(=O)(=O)c2ccc(I)cc2)CC1. The normalized spacial score (nSPS) is 16.9. The van der Waals surface area contributed by atoms with Gasteiger partial charge in [0.25, 0.3) is 0 Å². The van der Waals surface area contributed by atoms with Gasteiger partial charge < -0.3 is 4.74 Å². The second-order valence-electron chi connectivity index (χ2n) is 5.87. The van der Waals surface area contributed by atoms with Crippen molar-refractivity contribution in [2.75, 3.05) is 20.2 Å². The smallest absolute Gasteiger partial charge is 0.243 e. The second-order valence-corrected chi connectivity index (χ2v) is 9.06. The molecule has 128 valence electrons. The maximum Gasteiger partial charge on any atom is 0.243 e. The third kappa shape index (κ3) is 3.60. The number of hydrogen-bond acceptors (Lipinski definition) is 3. The number of para-hydroxylation sites is 1. The highest BCUT2D eigenvalue weighted by Gasteiger charge is 2.30. The number of piperidine rings is 1. The number of ether oxygens (including phenoxy) is 1. The number of benzene rings is 2. The van der Waals surface area contributed by atoms with Crippen molar-refractivity contribution in [2.24, 2.45) is 0 Å². The molecular weight excluding hydrogens is 437 g/mol. The summed E-state index contributed by atoms with van der Waals surface area (Å²) < 4.78 is 33.6. The Morgan fingerprint density at radius 3 is 2.29 bits per heavy atom. The molecule has 0 spiro atoms. The van der Waals surface area contributed by atoms with Gasteiger partial charge in [-0.2, -0.15) is 4.31 Å². The number of rotatable bonds is 4. The molecule has 0 aliphatic carbocycles. The fourth-order valence-corrected chi connectivity index (χ4v) is 5.00. The minimum atomic E-state index is -3.40. The first-order chi connectivity index (χ1) is 11.5. The summed E-state index contributed by atoms with van der Waals surface area (Å²) >= 11 is 2.17. The molecule has 0 aromatic heterocycles. The molecule has 0 N–H and O–H groups in total. The van der Waals surface area contributed by atoms with E-state index in [4.69, 9.17) is 4.74 Å². The Balaban J connectivity index is 1.74. The Morgan fingerprint density at radius 1 is 1.04 bits per heavy atom. The molecule has 0 saturated carbocycles. The number of hydrogen-bond donors (Lipinski definition) is 0. The Morgan fingerprint density at radius 2 is 1.67 bits per heavy atom. The monoisotopic (exact) mass is 457 g/mol. The van der Waals surface area contributed by atoms with Crippen LogP contribution in [0, 0.1) is 3.57 Å². The van der Waals surface area contributed by atoms with Gasteiger partial charge in [0, 0.05) is 16.7 Å². The lowest BCUT2D eigenvalue weighted by atomic mass is 9.89.